The van der Waals surface area contributed by atoms with Crippen molar-refractivity contribution in [2.45, 2.75) is 33.1 Å². The zero-order valence-corrected chi connectivity index (χ0v) is 16.4. The van der Waals surface area contributed by atoms with Gasteiger partial charge >= 0.3 is 0 Å². The van der Waals surface area contributed by atoms with Crippen molar-refractivity contribution < 1.29 is 5.11 Å². The van der Waals surface area contributed by atoms with Crippen LogP contribution in [0, 0.1) is 0 Å². The van der Waals surface area contributed by atoms with Crippen LogP contribution in [0.5, 0.6) is 5.75 Å². The Labute approximate surface area is 165 Å². The van der Waals surface area contributed by atoms with Crippen molar-refractivity contribution >= 4 is 37.4 Å². The maximum Gasteiger partial charge on any atom is 0.117 e. The second-order valence-corrected chi connectivity index (χ2v) is 8.12. The molecular formula is C20H22Br2N2O. The second-order valence-electron chi connectivity index (χ2n) is 6.35. The fourth-order valence-electron chi connectivity index (χ4n) is 3.73. The SMILES string of the molecule is C.Oc1cc(Br)c2c(c1)CCc1cc(Br)cnc1C2=C1CCNCC1. The van der Waals surface area contributed by atoms with Crippen LogP contribution in [0.4, 0.5) is 0 Å². The third-order valence-corrected chi connectivity index (χ3v) is 5.86. The van der Waals surface area contributed by atoms with Crippen LogP contribution in [-0.2, 0) is 12.8 Å². The van der Waals surface area contributed by atoms with E-state index in [0.717, 1.165) is 53.4 Å². The van der Waals surface area contributed by atoms with Gasteiger partial charge in [-0.2, -0.15) is 0 Å². The Balaban J connectivity index is 0.00000182. The molecule has 2 aromatic rings. The molecule has 4 rings (SSSR count). The van der Waals surface area contributed by atoms with Crippen LogP contribution in [0.1, 0.15) is 42.7 Å². The number of pyridine rings is 1. The number of nitrogens with one attached hydrogen (secondary N) is 1. The number of nitrogens with zero attached hydrogens (tertiary/aromatic N) is 1. The third-order valence-electron chi connectivity index (χ3n) is 4.80. The van der Waals surface area contributed by atoms with E-state index in [2.05, 4.69) is 43.2 Å². The lowest BCUT2D eigenvalue weighted by atomic mass is 9.89. The Kier molecular flexibility index (Phi) is 5.66. The van der Waals surface area contributed by atoms with Crippen molar-refractivity contribution in [2.75, 3.05) is 13.1 Å². The van der Waals surface area contributed by atoms with Gasteiger partial charge in [-0.3, -0.25) is 4.98 Å². The average Bonchev–Trinajstić information content (AvgIpc) is 2.72. The fraction of sp³-hybridized carbons (Fsp3) is 0.350. The number of aromatic nitrogens is 1. The van der Waals surface area contributed by atoms with Gasteiger partial charge < -0.3 is 10.4 Å². The highest BCUT2D eigenvalue weighted by molar-refractivity contribution is 9.10. The van der Waals surface area contributed by atoms with Crippen LogP contribution in [0.2, 0.25) is 0 Å². The summed E-state index contributed by atoms with van der Waals surface area (Å²) in [5, 5.41) is 13.5. The molecule has 2 aliphatic rings. The number of aryl methyl sites for hydroxylation is 2. The molecule has 5 heteroatoms. The summed E-state index contributed by atoms with van der Waals surface area (Å²) >= 11 is 7.25. The molecule has 1 saturated heterocycles. The summed E-state index contributed by atoms with van der Waals surface area (Å²) in [7, 11) is 0. The lowest BCUT2D eigenvalue weighted by molar-refractivity contribution is 0.474. The number of phenols is 1. The highest BCUT2D eigenvalue weighted by Gasteiger charge is 2.26. The van der Waals surface area contributed by atoms with Gasteiger partial charge in [0.25, 0.3) is 0 Å². The molecule has 25 heavy (non-hydrogen) atoms. The number of fused-ring (bicyclic) bond motifs is 2. The number of rotatable bonds is 0. The number of piperidine rings is 1. The van der Waals surface area contributed by atoms with Crippen molar-refractivity contribution in [3.05, 3.63) is 61.3 Å². The zero-order valence-electron chi connectivity index (χ0n) is 13.2. The van der Waals surface area contributed by atoms with E-state index in [1.807, 2.05) is 12.3 Å². The predicted octanol–water partition coefficient (Wildman–Crippen LogP) is 5.23. The van der Waals surface area contributed by atoms with Crippen molar-refractivity contribution in [1.29, 1.82) is 0 Å². The largest absolute Gasteiger partial charge is 0.508 e. The van der Waals surface area contributed by atoms with Crippen molar-refractivity contribution in [1.82, 2.24) is 10.3 Å². The highest BCUT2D eigenvalue weighted by Crippen LogP contribution is 2.42. The minimum Gasteiger partial charge on any atom is -0.508 e. The summed E-state index contributed by atoms with van der Waals surface area (Å²) in [6, 6.07) is 5.89. The Bertz CT molecular complexity index is 838. The van der Waals surface area contributed by atoms with E-state index in [1.54, 1.807) is 6.07 Å². The van der Waals surface area contributed by atoms with Crippen molar-refractivity contribution in [3.8, 4) is 5.75 Å². The van der Waals surface area contributed by atoms with Gasteiger partial charge in [0.2, 0.25) is 0 Å². The van der Waals surface area contributed by atoms with Gasteiger partial charge in [0.15, 0.2) is 0 Å². The summed E-state index contributed by atoms with van der Waals surface area (Å²) in [4.78, 5) is 4.79. The number of phenolic OH excluding ortho intramolecular Hbond substituents is 1. The maximum absolute atomic E-state index is 10.0. The van der Waals surface area contributed by atoms with Crippen LogP contribution in [0.3, 0.4) is 0 Å². The van der Waals surface area contributed by atoms with Gasteiger partial charge in [0.1, 0.15) is 5.75 Å². The first-order valence-electron chi connectivity index (χ1n) is 8.23. The summed E-state index contributed by atoms with van der Waals surface area (Å²) < 4.78 is 1.97. The molecule has 132 valence electrons. The average molecular weight is 466 g/mol. The van der Waals surface area contributed by atoms with Crippen LogP contribution in [-0.4, -0.2) is 23.2 Å². The topological polar surface area (TPSA) is 45.2 Å². The van der Waals surface area contributed by atoms with Crippen LogP contribution >= 0.6 is 31.9 Å². The molecular weight excluding hydrogens is 444 g/mol. The van der Waals surface area contributed by atoms with Gasteiger partial charge in [0, 0.05) is 26.3 Å². The Morgan fingerprint density at radius 1 is 0.960 bits per heavy atom. The van der Waals surface area contributed by atoms with E-state index in [-0.39, 0.29) is 7.43 Å². The summed E-state index contributed by atoms with van der Waals surface area (Å²) in [6.45, 7) is 2.02. The lowest BCUT2D eigenvalue weighted by Crippen LogP contribution is -2.24. The molecule has 2 heterocycles. The molecule has 1 fully saturated rings. The zero-order chi connectivity index (χ0) is 16.7. The van der Waals surface area contributed by atoms with E-state index >= 15 is 0 Å². The molecule has 1 aromatic carbocycles. The molecule has 2 N–H and O–H groups in total. The summed E-state index contributed by atoms with van der Waals surface area (Å²) in [6.07, 6.45) is 5.81. The number of benzene rings is 1. The number of hydrogen-bond acceptors (Lipinski definition) is 3. The van der Waals surface area contributed by atoms with Gasteiger partial charge in [-0.15, -0.1) is 0 Å². The molecule has 0 spiro atoms. The third kappa shape index (κ3) is 3.55. The smallest absolute Gasteiger partial charge is 0.117 e. The van der Waals surface area contributed by atoms with E-state index in [1.165, 1.54) is 27.8 Å². The van der Waals surface area contributed by atoms with E-state index < -0.39 is 0 Å². The minimum absolute atomic E-state index is 0. The van der Waals surface area contributed by atoms with Gasteiger partial charge in [0.05, 0.1) is 5.69 Å². The maximum atomic E-state index is 10.0. The van der Waals surface area contributed by atoms with Gasteiger partial charge in [-0.05, 0) is 84.0 Å². The minimum atomic E-state index is 0. The number of aromatic hydroxyl groups is 1. The molecule has 1 aliphatic carbocycles. The first-order valence-corrected chi connectivity index (χ1v) is 9.81. The standard InChI is InChI=1S/C19H18Br2N2O.CH4/c20-14-7-13-2-1-12-8-15(24)9-16(21)17(12)18(19(13)23-10-14)11-3-5-22-6-4-11;/h7-10,22,24H,1-6H2;1H4. The molecule has 0 bridgehead atoms. The molecule has 3 nitrogen and oxygen atoms in total. The lowest BCUT2D eigenvalue weighted by Gasteiger charge is -2.22. The Morgan fingerprint density at radius 3 is 2.44 bits per heavy atom. The monoisotopic (exact) mass is 464 g/mol. The van der Waals surface area contributed by atoms with Crippen LogP contribution in [0.15, 0.2) is 38.9 Å². The molecule has 0 atom stereocenters. The molecule has 0 amide bonds. The predicted molar refractivity (Wildman–Crippen MR) is 110 cm³/mol. The first kappa shape index (κ1) is 18.6. The van der Waals surface area contributed by atoms with E-state index in [0.29, 0.717) is 5.75 Å². The van der Waals surface area contributed by atoms with Crippen LogP contribution < -0.4 is 5.32 Å². The highest BCUT2D eigenvalue weighted by atomic mass is 79.9. The molecule has 1 aromatic heterocycles. The van der Waals surface area contributed by atoms with Crippen molar-refractivity contribution in [3.63, 3.8) is 0 Å². The molecule has 0 unspecified atom stereocenters. The van der Waals surface area contributed by atoms with E-state index in [9.17, 15) is 5.11 Å². The van der Waals surface area contributed by atoms with Gasteiger partial charge in [-0.25, -0.2) is 0 Å². The van der Waals surface area contributed by atoms with Crippen LogP contribution in [0.25, 0.3) is 5.57 Å². The summed E-state index contributed by atoms with van der Waals surface area (Å²) in [5.74, 6) is 0.315. The number of hydrogen-bond donors (Lipinski definition) is 2. The Morgan fingerprint density at radius 2 is 1.68 bits per heavy atom. The molecule has 0 saturated carbocycles. The first-order chi connectivity index (χ1) is 11.6. The van der Waals surface area contributed by atoms with E-state index in [4.69, 9.17) is 4.98 Å². The van der Waals surface area contributed by atoms with Crippen molar-refractivity contribution in [2.24, 2.45) is 0 Å². The quantitative estimate of drug-likeness (QED) is 0.559. The molecule has 0 radical (unpaired) electrons. The second kappa shape index (κ2) is 7.60. The fourth-order valence-corrected chi connectivity index (χ4v) is 4.80. The van der Waals surface area contributed by atoms with Gasteiger partial charge in [-0.1, -0.05) is 28.9 Å². The normalized spacial score (nSPS) is 16.6. The Hall–Kier alpha value is -1.17. The summed E-state index contributed by atoms with van der Waals surface area (Å²) in [5.41, 5.74) is 7.49. The molecule has 1 aliphatic heterocycles. The number of halogens is 2.